The molecule has 0 heterocycles. The minimum atomic E-state index is -0.495. The van der Waals surface area contributed by atoms with E-state index in [1.165, 1.54) is 0 Å². The Morgan fingerprint density at radius 2 is 1.90 bits per heavy atom. The molecule has 0 radical (unpaired) electrons. The normalized spacial score (nSPS) is 10.9. The second-order valence-electron chi connectivity index (χ2n) is 5.52. The van der Waals surface area contributed by atoms with Crippen molar-refractivity contribution in [2.75, 3.05) is 6.54 Å². The summed E-state index contributed by atoms with van der Waals surface area (Å²) in [6.45, 7) is 5.95. The maximum Gasteiger partial charge on any atom is 0.407 e. The van der Waals surface area contributed by atoms with Gasteiger partial charge in [-0.25, -0.2) is 4.79 Å². The molecule has 0 aliphatic rings. The molecule has 1 aromatic rings. The molecule has 20 heavy (non-hydrogen) atoms. The third-order valence-corrected chi connectivity index (χ3v) is 2.67. The molecule has 0 unspecified atom stereocenters. The summed E-state index contributed by atoms with van der Waals surface area (Å²) in [4.78, 5) is 11.5. The van der Waals surface area contributed by atoms with Crippen LogP contribution in [0.2, 0.25) is 0 Å². The number of thiocarbonyl (C=S) groups is 1. The lowest BCUT2D eigenvalue weighted by molar-refractivity contribution is 0.0528. The fourth-order valence-electron chi connectivity index (χ4n) is 1.75. The average molecular weight is 295 g/mol. The van der Waals surface area contributed by atoms with Gasteiger partial charge in [0.25, 0.3) is 0 Å². The molecule has 0 atom stereocenters. The summed E-state index contributed by atoms with van der Waals surface area (Å²) in [6.07, 6.45) is 0.600. The number of aliphatic hydroxyl groups excluding tert-OH is 1. The van der Waals surface area contributed by atoms with E-state index in [2.05, 4.69) is 5.32 Å². The predicted octanol–water partition coefficient (Wildman–Crippen LogP) is 3.18. The zero-order valence-electron chi connectivity index (χ0n) is 12.1. The number of carbonyl (C=O) groups is 1. The van der Waals surface area contributed by atoms with Crippen molar-refractivity contribution in [2.45, 2.75) is 39.2 Å². The predicted molar refractivity (Wildman–Crippen MR) is 83.3 cm³/mol. The van der Waals surface area contributed by atoms with Gasteiger partial charge in [-0.2, -0.15) is 0 Å². The molecule has 4 nitrogen and oxygen atoms in total. The summed E-state index contributed by atoms with van der Waals surface area (Å²) in [5.41, 5.74) is 1.54. The largest absolute Gasteiger partial charge is 0.502 e. The first-order chi connectivity index (χ1) is 9.28. The van der Waals surface area contributed by atoms with Gasteiger partial charge in [-0.1, -0.05) is 24.3 Å². The lowest BCUT2D eigenvalue weighted by Crippen LogP contribution is -2.33. The van der Waals surface area contributed by atoms with Gasteiger partial charge >= 0.3 is 6.09 Å². The highest BCUT2D eigenvalue weighted by Crippen LogP contribution is 2.11. The van der Waals surface area contributed by atoms with Crippen LogP contribution in [0, 0.1) is 0 Å². The smallest absolute Gasteiger partial charge is 0.407 e. The molecule has 2 N–H and O–H groups in total. The third kappa shape index (κ3) is 6.52. The number of hydrogen-bond acceptors (Lipinski definition) is 3. The van der Waals surface area contributed by atoms with Crippen LogP contribution >= 0.6 is 12.2 Å². The maximum absolute atomic E-state index is 11.5. The maximum atomic E-state index is 11.5. The first-order valence-electron chi connectivity index (χ1n) is 6.53. The van der Waals surface area contributed by atoms with Crippen molar-refractivity contribution >= 4 is 23.4 Å². The molecule has 0 bridgehead atoms. The number of aliphatic hydroxyl groups is 1. The molecule has 0 aliphatic carbocycles. The third-order valence-electron chi connectivity index (χ3n) is 2.52. The second-order valence-corrected chi connectivity index (χ2v) is 5.99. The molecule has 0 aromatic heterocycles. The summed E-state index contributed by atoms with van der Waals surface area (Å²) >= 11 is 4.72. The summed E-state index contributed by atoms with van der Waals surface area (Å²) in [5.74, 6) is 0. The topological polar surface area (TPSA) is 58.6 Å². The van der Waals surface area contributed by atoms with Gasteiger partial charge in [0.05, 0.1) is 0 Å². The van der Waals surface area contributed by atoms with Gasteiger partial charge in [-0.15, -0.1) is 0 Å². The van der Waals surface area contributed by atoms with Gasteiger partial charge < -0.3 is 15.2 Å². The Bertz CT molecular complexity index is 480. The number of carbonyl (C=O) groups excluding carboxylic acids is 1. The molecule has 1 rings (SSSR count). The standard InChI is InChI=1S/C15H21NO3S/c1-15(2,3)19-14(18)16-9-8-11-6-4-5-7-12(11)10-13(17)20/h4-7H,8-10H2,1-3H3,(H,16,18)(H,17,20). The number of amides is 1. The summed E-state index contributed by atoms with van der Waals surface area (Å²) in [7, 11) is 0. The highest BCUT2D eigenvalue weighted by molar-refractivity contribution is 7.80. The molecule has 0 spiro atoms. The average Bonchev–Trinajstić information content (AvgIpc) is 2.28. The molecule has 110 valence electrons. The first kappa shape index (κ1) is 16.4. The van der Waals surface area contributed by atoms with Crippen molar-refractivity contribution < 1.29 is 14.6 Å². The van der Waals surface area contributed by atoms with Crippen molar-refractivity contribution in [3.05, 3.63) is 35.4 Å². The van der Waals surface area contributed by atoms with Gasteiger partial charge in [0, 0.05) is 13.0 Å². The fraction of sp³-hybridized carbons (Fsp3) is 0.467. The van der Waals surface area contributed by atoms with Crippen LogP contribution in [0.1, 0.15) is 31.9 Å². The van der Waals surface area contributed by atoms with Crippen molar-refractivity contribution in [3.8, 4) is 0 Å². The zero-order chi connectivity index (χ0) is 15.2. The van der Waals surface area contributed by atoms with E-state index in [9.17, 15) is 9.90 Å². The Morgan fingerprint density at radius 1 is 1.30 bits per heavy atom. The summed E-state index contributed by atoms with van der Waals surface area (Å²) < 4.78 is 5.16. The van der Waals surface area contributed by atoms with Crippen LogP contribution in [0.4, 0.5) is 4.79 Å². The number of alkyl carbamates (subject to hydrolysis) is 1. The Morgan fingerprint density at radius 3 is 2.45 bits per heavy atom. The molecular weight excluding hydrogens is 274 g/mol. The molecule has 1 amide bonds. The quantitative estimate of drug-likeness (QED) is 0.819. The molecule has 0 saturated carbocycles. The molecule has 0 saturated heterocycles. The van der Waals surface area contributed by atoms with Crippen LogP contribution in [0.5, 0.6) is 0 Å². The van der Waals surface area contributed by atoms with E-state index in [0.717, 1.165) is 11.1 Å². The summed E-state index contributed by atoms with van der Waals surface area (Å²) in [6, 6.07) is 7.71. The number of benzene rings is 1. The highest BCUT2D eigenvalue weighted by Gasteiger charge is 2.15. The molecular formula is C15H21NO3S. The Hall–Kier alpha value is -1.62. The van der Waals surface area contributed by atoms with Crippen molar-refractivity contribution in [1.29, 1.82) is 0 Å². The van der Waals surface area contributed by atoms with E-state index in [-0.39, 0.29) is 5.05 Å². The van der Waals surface area contributed by atoms with Crippen molar-refractivity contribution in [3.63, 3.8) is 0 Å². The van der Waals surface area contributed by atoms with Crippen LogP contribution in [-0.2, 0) is 17.6 Å². The number of rotatable bonds is 5. The number of nitrogens with one attached hydrogen (secondary N) is 1. The van der Waals surface area contributed by atoms with Crippen LogP contribution < -0.4 is 5.32 Å². The Labute approximate surface area is 125 Å². The zero-order valence-corrected chi connectivity index (χ0v) is 12.9. The lowest BCUT2D eigenvalue weighted by atomic mass is 10.0. The highest BCUT2D eigenvalue weighted by atomic mass is 32.1. The van der Waals surface area contributed by atoms with E-state index in [0.29, 0.717) is 19.4 Å². The van der Waals surface area contributed by atoms with Gasteiger partial charge in [-0.05, 0) is 50.5 Å². The minimum Gasteiger partial charge on any atom is -0.502 e. The van der Waals surface area contributed by atoms with Crippen LogP contribution in [-0.4, -0.2) is 28.4 Å². The van der Waals surface area contributed by atoms with E-state index in [1.54, 1.807) is 0 Å². The van der Waals surface area contributed by atoms with Gasteiger partial charge in [0.1, 0.15) is 5.60 Å². The van der Waals surface area contributed by atoms with Gasteiger partial charge in [0.15, 0.2) is 5.05 Å². The number of ether oxygens (including phenoxy) is 1. The molecule has 0 aliphatic heterocycles. The monoisotopic (exact) mass is 295 g/mol. The SMILES string of the molecule is CC(C)(C)OC(=O)NCCc1ccccc1CC(O)=S. The van der Waals surface area contributed by atoms with E-state index >= 15 is 0 Å². The second kappa shape index (κ2) is 7.24. The molecule has 5 heteroatoms. The first-order valence-corrected chi connectivity index (χ1v) is 6.94. The minimum absolute atomic E-state index is 0.0300. The lowest BCUT2D eigenvalue weighted by Gasteiger charge is -2.19. The molecule has 0 fully saturated rings. The van der Waals surface area contributed by atoms with Crippen LogP contribution in [0.25, 0.3) is 0 Å². The van der Waals surface area contributed by atoms with Gasteiger partial charge in [-0.3, -0.25) is 0 Å². The Balaban J connectivity index is 2.50. The Kier molecular flexibility index (Phi) is 5.95. The van der Waals surface area contributed by atoms with E-state index in [4.69, 9.17) is 17.0 Å². The fourth-order valence-corrected chi connectivity index (χ4v) is 1.91. The summed E-state index contributed by atoms with van der Waals surface area (Å²) in [5, 5.41) is 11.9. The van der Waals surface area contributed by atoms with Crippen molar-refractivity contribution in [1.82, 2.24) is 5.32 Å². The number of hydrogen-bond donors (Lipinski definition) is 2. The molecule has 1 aromatic carbocycles. The van der Waals surface area contributed by atoms with E-state index < -0.39 is 11.7 Å². The van der Waals surface area contributed by atoms with Crippen molar-refractivity contribution in [2.24, 2.45) is 0 Å². The van der Waals surface area contributed by atoms with Gasteiger partial charge in [0.2, 0.25) is 0 Å². The van der Waals surface area contributed by atoms with Crippen LogP contribution in [0.15, 0.2) is 24.3 Å². The van der Waals surface area contributed by atoms with E-state index in [1.807, 2.05) is 45.0 Å². The van der Waals surface area contributed by atoms with Crippen LogP contribution in [0.3, 0.4) is 0 Å².